The molecule has 2 amide bonds. The molecule has 10 heteroatoms. The zero-order chi connectivity index (χ0) is 24.3. The fourth-order valence-electron chi connectivity index (χ4n) is 3.17. The molecule has 1 heterocycles. The molecular formula is C24H28Cl2N6O2. The Morgan fingerprint density at radius 3 is 2.32 bits per heavy atom. The second kappa shape index (κ2) is 13.0. The quantitative estimate of drug-likeness (QED) is 0.267. The summed E-state index contributed by atoms with van der Waals surface area (Å²) in [5.41, 5.74) is 1.15. The maximum Gasteiger partial charge on any atom is 0.324 e. The van der Waals surface area contributed by atoms with Crippen molar-refractivity contribution < 1.29 is 9.53 Å². The Labute approximate surface area is 209 Å². The van der Waals surface area contributed by atoms with E-state index in [0.717, 1.165) is 37.5 Å². The summed E-state index contributed by atoms with van der Waals surface area (Å²) in [5.74, 6) is 1.64. The molecule has 0 bridgehead atoms. The van der Waals surface area contributed by atoms with Crippen molar-refractivity contribution in [3.8, 4) is 5.75 Å². The highest BCUT2D eigenvalue weighted by molar-refractivity contribution is 6.39. The van der Waals surface area contributed by atoms with Crippen LogP contribution in [0.4, 0.5) is 27.8 Å². The van der Waals surface area contributed by atoms with Crippen LogP contribution in [0.1, 0.15) is 20.3 Å². The van der Waals surface area contributed by atoms with Crippen molar-refractivity contribution in [2.24, 2.45) is 0 Å². The third-order valence-corrected chi connectivity index (χ3v) is 5.65. The maximum atomic E-state index is 12.3. The molecule has 0 aliphatic carbocycles. The van der Waals surface area contributed by atoms with Crippen molar-refractivity contribution in [3.05, 3.63) is 64.9 Å². The van der Waals surface area contributed by atoms with Crippen molar-refractivity contribution >= 4 is 52.2 Å². The van der Waals surface area contributed by atoms with E-state index in [1.54, 1.807) is 24.3 Å². The number of carbonyl (C=O) groups excluding carboxylic acids is 1. The number of hydrogen-bond donors (Lipinski definition) is 3. The average Bonchev–Trinajstić information content (AvgIpc) is 2.83. The molecule has 0 atom stereocenters. The summed E-state index contributed by atoms with van der Waals surface area (Å²) in [6, 6.07) is 13.7. The summed E-state index contributed by atoms with van der Waals surface area (Å²) in [7, 11) is 0. The van der Waals surface area contributed by atoms with Gasteiger partial charge in [-0.1, -0.05) is 43.1 Å². The monoisotopic (exact) mass is 502 g/mol. The lowest BCUT2D eigenvalue weighted by Crippen LogP contribution is -2.25. The molecular weight excluding hydrogens is 475 g/mol. The number of benzene rings is 2. The molecule has 0 saturated heterocycles. The van der Waals surface area contributed by atoms with E-state index in [1.807, 2.05) is 24.3 Å². The molecule has 3 rings (SSSR count). The minimum absolute atomic E-state index is 0.311. The number of urea groups is 1. The van der Waals surface area contributed by atoms with Gasteiger partial charge in [-0.05, 0) is 55.9 Å². The first-order chi connectivity index (χ1) is 16.5. The minimum atomic E-state index is -0.526. The number of nitrogens with zero attached hydrogens (tertiary/aromatic N) is 3. The first-order valence-electron chi connectivity index (χ1n) is 11.0. The van der Waals surface area contributed by atoms with Crippen molar-refractivity contribution in [2.75, 3.05) is 42.2 Å². The summed E-state index contributed by atoms with van der Waals surface area (Å²) in [6.07, 6.45) is 2.34. The Kier molecular flexibility index (Phi) is 9.75. The summed E-state index contributed by atoms with van der Waals surface area (Å²) in [4.78, 5) is 23.0. The van der Waals surface area contributed by atoms with Crippen LogP contribution in [0, 0.1) is 0 Å². The van der Waals surface area contributed by atoms with Crippen LogP contribution in [0.25, 0.3) is 0 Å². The topological polar surface area (TPSA) is 91.4 Å². The molecule has 0 unspecified atom stereocenters. The average molecular weight is 503 g/mol. The maximum absolute atomic E-state index is 12.3. The predicted octanol–water partition coefficient (Wildman–Crippen LogP) is 6.28. The van der Waals surface area contributed by atoms with Gasteiger partial charge in [0.15, 0.2) is 0 Å². The van der Waals surface area contributed by atoms with Crippen LogP contribution in [0.3, 0.4) is 0 Å². The smallest absolute Gasteiger partial charge is 0.324 e. The molecule has 3 N–H and O–H groups in total. The molecule has 180 valence electrons. The highest BCUT2D eigenvalue weighted by Gasteiger charge is 2.11. The molecule has 1 aromatic heterocycles. The largest absolute Gasteiger partial charge is 0.494 e. The van der Waals surface area contributed by atoms with Gasteiger partial charge in [-0.15, -0.1) is 0 Å². The highest BCUT2D eigenvalue weighted by atomic mass is 35.5. The number of aromatic nitrogens is 2. The molecule has 0 aliphatic heterocycles. The number of carbonyl (C=O) groups is 1. The van der Waals surface area contributed by atoms with Gasteiger partial charge in [-0.25, -0.2) is 14.8 Å². The Morgan fingerprint density at radius 2 is 1.65 bits per heavy atom. The molecule has 0 saturated carbocycles. The van der Waals surface area contributed by atoms with E-state index in [0.29, 0.717) is 34.0 Å². The Balaban J connectivity index is 1.51. The Hall–Kier alpha value is -3.07. The number of amides is 2. The molecule has 34 heavy (non-hydrogen) atoms. The third-order valence-electron chi connectivity index (χ3n) is 5.02. The van der Waals surface area contributed by atoms with E-state index in [1.165, 1.54) is 6.33 Å². The standard InChI is InChI=1S/C24H28Cl2N6O2/c1-3-32(4-2)13-6-14-34-18-11-9-17(10-12-18)29-21-15-22(28-16-27-21)30-24(33)31-23-19(25)7-5-8-20(23)26/h5,7-12,15-16H,3-4,6,13-14H2,1-2H3,(H3,27,28,29,30,31,33). The van der Waals surface area contributed by atoms with E-state index in [-0.39, 0.29) is 0 Å². The summed E-state index contributed by atoms with van der Waals surface area (Å²) < 4.78 is 5.83. The first-order valence-corrected chi connectivity index (χ1v) is 11.8. The SMILES string of the molecule is CCN(CC)CCCOc1ccc(Nc2cc(NC(=O)Nc3c(Cl)cccc3Cl)ncn2)cc1. The van der Waals surface area contributed by atoms with Crippen LogP contribution in [0.15, 0.2) is 54.9 Å². The molecule has 0 radical (unpaired) electrons. The second-order valence-corrected chi connectivity index (χ2v) is 8.16. The second-order valence-electron chi connectivity index (χ2n) is 7.34. The fourth-order valence-corrected chi connectivity index (χ4v) is 3.66. The van der Waals surface area contributed by atoms with Crippen molar-refractivity contribution in [3.63, 3.8) is 0 Å². The lowest BCUT2D eigenvalue weighted by atomic mass is 10.3. The Bertz CT molecular complexity index is 1060. The van der Waals surface area contributed by atoms with Gasteiger partial charge in [-0.2, -0.15) is 0 Å². The van der Waals surface area contributed by atoms with E-state index in [9.17, 15) is 4.79 Å². The minimum Gasteiger partial charge on any atom is -0.494 e. The van der Waals surface area contributed by atoms with E-state index in [4.69, 9.17) is 27.9 Å². The fraction of sp³-hybridized carbons (Fsp3) is 0.292. The number of nitrogens with one attached hydrogen (secondary N) is 3. The van der Waals surface area contributed by atoms with Gasteiger partial charge in [0.1, 0.15) is 23.7 Å². The summed E-state index contributed by atoms with van der Waals surface area (Å²) in [6.45, 7) is 8.14. The van der Waals surface area contributed by atoms with Crippen LogP contribution >= 0.6 is 23.2 Å². The number of halogens is 2. The number of hydrogen-bond acceptors (Lipinski definition) is 6. The van der Waals surface area contributed by atoms with E-state index < -0.39 is 6.03 Å². The van der Waals surface area contributed by atoms with E-state index >= 15 is 0 Å². The van der Waals surface area contributed by atoms with E-state index in [2.05, 4.69) is 44.7 Å². The van der Waals surface area contributed by atoms with Crippen molar-refractivity contribution in [2.45, 2.75) is 20.3 Å². The molecule has 0 aliphatic rings. The lowest BCUT2D eigenvalue weighted by Gasteiger charge is -2.17. The van der Waals surface area contributed by atoms with Crippen LogP contribution in [-0.2, 0) is 0 Å². The molecule has 2 aromatic carbocycles. The van der Waals surface area contributed by atoms with Crippen LogP contribution in [0.5, 0.6) is 5.75 Å². The van der Waals surface area contributed by atoms with Crippen molar-refractivity contribution in [1.29, 1.82) is 0 Å². The molecule has 8 nitrogen and oxygen atoms in total. The van der Waals surface area contributed by atoms with Gasteiger partial charge < -0.3 is 20.3 Å². The van der Waals surface area contributed by atoms with Gasteiger partial charge in [-0.3, -0.25) is 5.32 Å². The number of anilines is 4. The molecule has 0 spiro atoms. The highest BCUT2D eigenvalue weighted by Crippen LogP contribution is 2.30. The summed E-state index contributed by atoms with van der Waals surface area (Å²) in [5, 5.41) is 9.12. The van der Waals surface area contributed by atoms with Gasteiger partial charge in [0.25, 0.3) is 0 Å². The van der Waals surface area contributed by atoms with Crippen LogP contribution < -0.4 is 20.7 Å². The molecule has 3 aromatic rings. The number of para-hydroxylation sites is 1. The van der Waals surface area contributed by atoms with Crippen LogP contribution in [0.2, 0.25) is 10.0 Å². The first kappa shape index (κ1) is 25.6. The normalized spacial score (nSPS) is 10.7. The van der Waals surface area contributed by atoms with Gasteiger partial charge in [0.2, 0.25) is 0 Å². The zero-order valence-corrected chi connectivity index (χ0v) is 20.7. The number of ether oxygens (including phenoxy) is 1. The van der Waals surface area contributed by atoms with Crippen LogP contribution in [-0.4, -0.2) is 47.1 Å². The van der Waals surface area contributed by atoms with Crippen molar-refractivity contribution in [1.82, 2.24) is 14.9 Å². The predicted molar refractivity (Wildman–Crippen MR) is 139 cm³/mol. The lowest BCUT2D eigenvalue weighted by molar-refractivity contribution is 0.249. The third kappa shape index (κ3) is 7.76. The summed E-state index contributed by atoms with van der Waals surface area (Å²) >= 11 is 12.2. The number of rotatable bonds is 11. The van der Waals surface area contributed by atoms with Gasteiger partial charge in [0.05, 0.1) is 22.3 Å². The molecule has 0 fully saturated rings. The van der Waals surface area contributed by atoms with Gasteiger partial charge in [0, 0.05) is 18.3 Å². The zero-order valence-electron chi connectivity index (χ0n) is 19.1. The Morgan fingerprint density at radius 1 is 0.971 bits per heavy atom. The van der Waals surface area contributed by atoms with Gasteiger partial charge >= 0.3 is 6.03 Å².